The molecule has 0 unspecified atom stereocenters. The van der Waals surface area contributed by atoms with E-state index in [0.29, 0.717) is 18.5 Å². The van der Waals surface area contributed by atoms with Crippen molar-refractivity contribution in [3.63, 3.8) is 0 Å². The maximum atomic E-state index is 13.3. The Morgan fingerprint density at radius 3 is 2.76 bits per heavy atom. The van der Waals surface area contributed by atoms with Crippen molar-refractivity contribution in [2.24, 2.45) is 10.2 Å². The van der Waals surface area contributed by atoms with Crippen molar-refractivity contribution < 1.29 is 14.3 Å². The largest absolute Gasteiger partial charge is 0.465 e. The van der Waals surface area contributed by atoms with Gasteiger partial charge >= 0.3 is 5.97 Å². The fourth-order valence-electron chi connectivity index (χ4n) is 4.07. The molecular formula is C20H18N2O3. The van der Waals surface area contributed by atoms with Crippen molar-refractivity contribution in [2.45, 2.75) is 24.8 Å². The highest BCUT2D eigenvalue weighted by atomic mass is 16.5. The van der Waals surface area contributed by atoms with Crippen LogP contribution >= 0.6 is 0 Å². The van der Waals surface area contributed by atoms with Crippen LogP contribution in [0.5, 0.6) is 0 Å². The van der Waals surface area contributed by atoms with Gasteiger partial charge in [-0.05, 0) is 29.7 Å². The number of benzene rings is 2. The molecule has 4 rings (SSSR count). The van der Waals surface area contributed by atoms with Gasteiger partial charge in [0.25, 0.3) is 0 Å². The quantitative estimate of drug-likeness (QED) is 0.789. The predicted octanol–water partition coefficient (Wildman–Crippen LogP) is 3.51. The summed E-state index contributed by atoms with van der Waals surface area (Å²) in [6.07, 6.45) is 0.520. The second kappa shape index (κ2) is 5.62. The highest BCUT2D eigenvalue weighted by Gasteiger charge is 2.55. The lowest BCUT2D eigenvalue weighted by molar-refractivity contribution is 0.0597. The first-order valence-corrected chi connectivity index (χ1v) is 8.27. The maximum Gasteiger partial charge on any atom is 0.338 e. The van der Waals surface area contributed by atoms with Crippen LogP contribution in [0.15, 0.2) is 52.7 Å². The van der Waals surface area contributed by atoms with Crippen LogP contribution in [0.4, 0.5) is 0 Å². The maximum absolute atomic E-state index is 13.3. The second-order valence-corrected chi connectivity index (χ2v) is 6.59. The van der Waals surface area contributed by atoms with Crippen LogP contribution in [0.25, 0.3) is 0 Å². The first-order valence-electron chi connectivity index (χ1n) is 8.27. The molecular weight excluding hydrogens is 316 g/mol. The molecule has 2 atom stereocenters. The monoisotopic (exact) mass is 334 g/mol. The molecule has 0 bridgehead atoms. The molecule has 2 aromatic rings. The molecule has 1 aliphatic carbocycles. The molecule has 2 aromatic carbocycles. The number of carbonyl (C=O) groups is 2. The summed E-state index contributed by atoms with van der Waals surface area (Å²) in [5.74, 6) is -0.662. The number of carbonyl (C=O) groups excluding carboxylic acids is 2. The number of methoxy groups -OCH3 is 1. The summed E-state index contributed by atoms with van der Waals surface area (Å²) in [7, 11) is 1.36. The number of hydrogen-bond acceptors (Lipinski definition) is 5. The molecule has 5 heteroatoms. The van der Waals surface area contributed by atoms with Crippen LogP contribution in [0.2, 0.25) is 0 Å². The second-order valence-electron chi connectivity index (χ2n) is 6.59. The number of azo groups is 1. The standard InChI is InChI=1S/C20H18N2O3/c1-12-6-5-7-13-10-20(18(23)17(12)13)16(11-21-22-20)14-8-3-4-9-15(14)19(24)25-2/h3-9,16H,10-11H2,1-2H3/t16-,20-/m0/s1. The molecule has 1 heterocycles. The van der Waals surface area contributed by atoms with Crippen LogP contribution < -0.4 is 0 Å². The third-order valence-corrected chi connectivity index (χ3v) is 5.27. The van der Waals surface area contributed by atoms with Gasteiger partial charge in [-0.1, -0.05) is 36.4 Å². The summed E-state index contributed by atoms with van der Waals surface area (Å²) in [5.41, 5.74) is 3.02. The van der Waals surface area contributed by atoms with Gasteiger partial charge in [0.15, 0.2) is 11.3 Å². The number of esters is 1. The Hall–Kier alpha value is -2.82. The summed E-state index contributed by atoms with van der Waals surface area (Å²) < 4.78 is 4.91. The Bertz CT molecular complexity index is 919. The van der Waals surface area contributed by atoms with Crippen LogP contribution in [0.1, 0.15) is 43.3 Å². The van der Waals surface area contributed by atoms with Gasteiger partial charge in [0, 0.05) is 17.9 Å². The van der Waals surface area contributed by atoms with Crippen LogP contribution in [0.3, 0.4) is 0 Å². The number of nitrogens with zero attached hydrogens (tertiary/aromatic N) is 2. The van der Waals surface area contributed by atoms with Gasteiger partial charge in [0.1, 0.15) is 0 Å². The highest BCUT2D eigenvalue weighted by Crippen LogP contribution is 2.47. The highest BCUT2D eigenvalue weighted by molar-refractivity contribution is 6.10. The smallest absolute Gasteiger partial charge is 0.338 e. The molecule has 0 saturated heterocycles. The Balaban J connectivity index is 1.84. The van der Waals surface area contributed by atoms with Crippen LogP contribution in [-0.2, 0) is 11.2 Å². The van der Waals surface area contributed by atoms with E-state index in [1.165, 1.54) is 7.11 Å². The number of rotatable bonds is 2. The summed E-state index contributed by atoms with van der Waals surface area (Å²) in [4.78, 5) is 25.5. The number of ether oxygens (including phenoxy) is 1. The molecule has 0 saturated carbocycles. The molecule has 126 valence electrons. The average molecular weight is 334 g/mol. The lowest BCUT2D eigenvalue weighted by Crippen LogP contribution is -2.39. The Labute approximate surface area is 145 Å². The first-order chi connectivity index (χ1) is 12.1. The normalized spacial score (nSPS) is 23.9. The molecule has 1 spiro atoms. The lowest BCUT2D eigenvalue weighted by Gasteiger charge is -2.27. The minimum atomic E-state index is -0.946. The molecule has 0 fully saturated rings. The third-order valence-electron chi connectivity index (χ3n) is 5.27. The molecule has 2 aliphatic rings. The zero-order valence-corrected chi connectivity index (χ0v) is 14.2. The Morgan fingerprint density at radius 1 is 1.20 bits per heavy atom. The summed E-state index contributed by atoms with van der Waals surface area (Å²) in [5, 5.41) is 8.63. The van der Waals surface area contributed by atoms with Crippen LogP contribution in [0, 0.1) is 6.92 Å². The fraction of sp³-hybridized carbons (Fsp3) is 0.300. The minimum Gasteiger partial charge on any atom is -0.465 e. The van der Waals surface area contributed by atoms with E-state index in [4.69, 9.17) is 4.74 Å². The van der Waals surface area contributed by atoms with E-state index in [1.807, 2.05) is 37.3 Å². The van der Waals surface area contributed by atoms with E-state index >= 15 is 0 Å². The van der Waals surface area contributed by atoms with Crippen molar-refractivity contribution in [1.82, 2.24) is 0 Å². The molecule has 0 amide bonds. The fourth-order valence-corrected chi connectivity index (χ4v) is 4.07. The van der Waals surface area contributed by atoms with Gasteiger partial charge in [0.2, 0.25) is 0 Å². The van der Waals surface area contributed by atoms with E-state index in [0.717, 1.165) is 22.3 Å². The molecule has 0 N–H and O–H groups in total. The third kappa shape index (κ3) is 2.15. The first kappa shape index (κ1) is 15.7. The number of aryl methyl sites for hydroxylation is 1. The van der Waals surface area contributed by atoms with E-state index in [1.54, 1.807) is 12.1 Å². The summed E-state index contributed by atoms with van der Waals surface area (Å²) in [6, 6.07) is 13.1. The number of ketones is 1. The zero-order valence-electron chi connectivity index (χ0n) is 14.2. The van der Waals surface area contributed by atoms with Gasteiger partial charge in [-0.3, -0.25) is 4.79 Å². The van der Waals surface area contributed by atoms with E-state index < -0.39 is 11.5 Å². The van der Waals surface area contributed by atoms with Crippen molar-refractivity contribution in [3.8, 4) is 0 Å². The lowest BCUT2D eigenvalue weighted by atomic mass is 9.76. The van der Waals surface area contributed by atoms with Crippen molar-refractivity contribution in [3.05, 3.63) is 70.3 Å². The molecule has 0 radical (unpaired) electrons. The Morgan fingerprint density at radius 2 is 2.00 bits per heavy atom. The van der Waals surface area contributed by atoms with Gasteiger partial charge in [-0.25, -0.2) is 4.79 Å². The topological polar surface area (TPSA) is 68.1 Å². The number of fused-ring (bicyclic) bond motifs is 1. The van der Waals surface area contributed by atoms with Gasteiger partial charge in [0.05, 0.1) is 19.2 Å². The number of Topliss-reactive ketones (excluding diaryl/α,β-unsaturated/α-hetero) is 1. The zero-order chi connectivity index (χ0) is 17.6. The number of hydrogen-bond donors (Lipinski definition) is 0. The Kier molecular flexibility index (Phi) is 3.53. The molecule has 5 nitrogen and oxygen atoms in total. The average Bonchev–Trinajstić information content (AvgIpc) is 3.17. The van der Waals surface area contributed by atoms with Crippen LogP contribution in [-0.4, -0.2) is 30.9 Å². The minimum absolute atomic E-state index is 0.00604. The predicted molar refractivity (Wildman–Crippen MR) is 92.2 cm³/mol. The van der Waals surface area contributed by atoms with Gasteiger partial charge in [-0.15, -0.1) is 0 Å². The van der Waals surface area contributed by atoms with E-state index in [-0.39, 0.29) is 11.7 Å². The SMILES string of the molecule is COC(=O)c1ccccc1[C@@H]1CN=N[C@@]12Cc1cccc(C)c1C2=O. The van der Waals surface area contributed by atoms with Gasteiger partial charge < -0.3 is 4.74 Å². The van der Waals surface area contributed by atoms with Crippen molar-refractivity contribution in [1.29, 1.82) is 0 Å². The van der Waals surface area contributed by atoms with Crippen molar-refractivity contribution >= 4 is 11.8 Å². The summed E-state index contributed by atoms with van der Waals surface area (Å²) in [6.45, 7) is 2.34. The summed E-state index contributed by atoms with van der Waals surface area (Å²) >= 11 is 0. The van der Waals surface area contributed by atoms with E-state index in [2.05, 4.69) is 10.2 Å². The van der Waals surface area contributed by atoms with E-state index in [9.17, 15) is 9.59 Å². The van der Waals surface area contributed by atoms with Crippen molar-refractivity contribution in [2.75, 3.05) is 13.7 Å². The molecule has 0 aromatic heterocycles. The van der Waals surface area contributed by atoms with Gasteiger partial charge in [-0.2, -0.15) is 10.2 Å². The molecule has 25 heavy (non-hydrogen) atoms. The molecule has 1 aliphatic heterocycles.